The van der Waals surface area contributed by atoms with Crippen molar-refractivity contribution < 1.29 is 17.9 Å². The minimum atomic E-state index is -3.62. The van der Waals surface area contributed by atoms with E-state index in [-0.39, 0.29) is 21.7 Å². The van der Waals surface area contributed by atoms with Crippen LogP contribution < -0.4 is 10.1 Å². The number of carbonyl (C=O) groups is 1. The highest BCUT2D eigenvalue weighted by Crippen LogP contribution is 2.30. The molecule has 1 aromatic carbocycles. The molecule has 0 aliphatic carbocycles. The minimum absolute atomic E-state index is 0.0330. The van der Waals surface area contributed by atoms with Crippen molar-refractivity contribution in [3.05, 3.63) is 23.2 Å². The Kier molecular flexibility index (Phi) is 7.73. The van der Waals surface area contributed by atoms with Gasteiger partial charge < -0.3 is 10.1 Å². The molecule has 1 N–H and O–H groups in total. The van der Waals surface area contributed by atoms with Gasteiger partial charge in [-0.2, -0.15) is 4.31 Å². The topological polar surface area (TPSA) is 75.7 Å². The molecule has 1 fully saturated rings. The number of unbranched alkanes of at least 4 members (excludes halogenated alkanes) is 2. The van der Waals surface area contributed by atoms with E-state index < -0.39 is 10.0 Å². The van der Waals surface area contributed by atoms with E-state index in [1.165, 1.54) is 23.5 Å². The molecule has 1 heterocycles. The van der Waals surface area contributed by atoms with Gasteiger partial charge >= 0.3 is 0 Å². The van der Waals surface area contributed by atoms with Crippen molar-refractivity contribution in [3.63, 3.8) is 0 Å². The summed E-state index contributed by atoms with van der Waals surface area (Å²) in [6.07, 6.45) is 4.25. The molecule has 26 heavy (non-hydrogen) atoms. The Morgan fingerprint density at radius 2 is 2.00 bits per heavy atom. The molecular formula is C18H27ClN2O4S. The Bertz CT molecular complexity index is 716. The zero-order valence-corrected chi connectivity index (χ0v) is 16.9. The summed E-state index contributed by atoms with van der Waals surface area (Å²) < 4.78 is 32.1. The average molecular weight is 403 g/mol. The van der Waals surface area contributed by atoms with Crippen LogP contribution in [0.1, 0.15) is 39.0 Å². The molecule has 0 spiro atoms. The van der Waals surface area contributed by atoms with Crippen LogP contribution in [0.4, 0.5) is 0 Å². The summed E-state index contributed by atoms with van der Waals surface area (Å²) in [6, 6.07) is 4.44. The Morgan fingerprint density at radius 3 is 2.58 bits per heavy atom. The Morgan fingerprint density at radius 1 is 1.31 bits per heavy atom. The number of methoxy groups -OCH3 is 1. The molecule has 0 saturated carbocycles. The number of nitrogens with zero attached hydrogens (tertiary/aromatic N) is 1. The van der Waals surface area contributed by atoms with E-state index >= 15 is 0 Å². The van der Waals surface area contributed by atoms with E-state index in [1.54, 1.807) is 6.07 Å². The van der Waals surface area contributed by atoms with Crippen LogP contribution in [-0.4, -0.2) is 45.4 Å². The van der Waals surface area contributed by atoms with Gasteiger partial charge in [-0.1, -0.05) is 31.4 Å². The van der Waals surface area contributed by atoms with Crippen LogP contribution >= 0.6 is 11.6 Å². The van der Waals surface area contributed by atoms with Crippen molar-refractivity contribution in [1.82, 2.24) is 9.62 Å². The molecule has 0 aromatic heterocycles. The van der Waals surface area contributed by atoms with E-state index in [0.717, 1.165) is 19.3 Å². The van der Waals surface area contributed by atoms with Gasteiger partial charge in [-0.3, -0.25) is 4.79 Å². The normalized spacial score (nSPS) is 16.4. The van der Waals surface area contributed by atoms with E-state index in [4.69, 9.17) is 16.3 Å². The summed E-state index contributed by atoms with van der Waals surface area (Å²) >= 11 is 6.05. The summed E-state index contributed by atoms with van der Waals surface area (Å²) in [4.78, 5) is 12.3. The number of piperidine rings is 1. The average Bonchev–Trinajstić information content (AvgIpc) is 2.65. The second-order valence-electron chi connectivity index (χ2n) is 6.47. The van der Waals surface area contributed by atoms with Gasteiger partial charge in [0, 0.05) is 25.6 Å². The molecule has 0 atom stereocenters. The maximum atomic E-state index is 12.8. The van der Waals surface area contributed by atoms with Gasteiger partial charge in [0.2, 0.25) is 15.9 Å². The molecule has 8 heteroatoms. The van der Waals surface area contributed by atoms with E-state index in [2.05, 4.69) is 12.2 Å². The lowest BCUT2D eigenvalue weighted by Gasteiger charge is -2.30. The van der Waals surface area contributed by atoms with Crippen molar-refractivity contribution in [1.29, 1.82) is 0 Å². The molecule has 0 bridgehead atoms. The maximum Gasteiger partial charge on any atom is 0.243 e. The Hall–Kier alpha value is -1.31. The molecule has 1 aliphatic heterocycles. The number of halogens is 1. The zero-order chi connectivity index (χ0) is 19.2. The van der Waals surface area contributed by atoms with Gasteiger partial charge in [0.1, 0.15) is 5.75 Å². The molecule has 1 aromatic rings. The van der Waals surface area contributed by atoms with Crippen LogP contribution in [0.3, 0.4) is 0 Å². The van der Waals surface area contributed by atoms with Gasteiger partial charge in [-0.25, -0.2) is 8.42 Å². The van der Waals surface area contributed by atoms with Crippen LogP contribution in [0.5, 0.6) is 5.75 Å². The number of ether oxygens (including phenoxy) is 1. The predicted octanol–water partition coefficient (Wildman–Crippen LogP) is 3.06. The van der Waals surface area contributed by atoms with Gasteiger partial charge in [-0.15, -0.1) is 0 Å². The molecular weight excluding hydrogens is 376 g/mol. The first-order chi connectivity index (χ1) is 12.4. The summed E-state index contributed by atoms with van der Waals surface area (Å²) in [7, 11) is -2.14. The molecule has 6 nitrogen and oxygen atoms in total. The summed E-state index contributed by atoms with van der Waals surface area (Å²) in [5, 5.41) is 3.21. The number of nitrogens with one attached hydrogen (secondary N) is 1. The third-order valence-corrected chi connectivity index (χ3v) is 6.86. The van der Waals surface area contributed by atoms with Gasteiger partial charge in [0.05, 0.1) is 17.0 Å². The number of hydrogen-bond donors (Lipinski definition) is 1. The lowest BCUT2D eigenvalue weighted by atomic mass is 9.97. The third kappa shape index (κ3) is 5.11. The lowest BCUT2D eigenvalue weighted by Crippen LogP contribution is -2.43. The molecule has 2 rings (SSSR count). The Labute approximate surface area is 160 Å². The largest absolute Gasteiger partial charge is 0.495 e. The molecule has 1 saturated heterocycles. The van der Waals surface area contributed by atoms with Crippen LogP contribution in [0.15, 0.2) is 23.1 Å². The number of sulfonamides is 1. The van der Waals surface area contributed by atoms with E-state index in [0.29, 0.717) is 38.2 Å². The zero-order valence-electron chi connectivity index (χ0n) is 15.3. The fourth-order valence-corrected chi connectivity index (χ4v) is 4.86. The van der Waals surface area contributed by atoms with E-state index in [1.807, 2.05) is 0 Å². The third-order valence-electron chi connectivity index (χ3n) is 4.67. The number of amides is 1. The number of carbonyl (C=O) groups excluding carboxylic acids is 1. The molecule has 1 amide bonds. The molecule has 0 radical (unpaired) electrons. The molecule has 0 unspecified atom stereocenters. The lowest BCUT2D eigenvalue weighted by molar-refractivity contribution is -0.126. The van der Waals surface area contributed by atoms with Crippen molar-refractivity contribution >= 4 is 27.5 Å². The number of hydrogen-bond acceptors (Lipinski definition) is 4. The van der Waals surface area contributed by atoms with Crippen LogP contribution in [0.2, 0.25) is 5.02 Å². The molecule has 146 valence electrons. The fraction of sp³-hybridized carbons (Fsp3) is 0.611. The van der Waals surface area contributed by atoms with Crippen molar-refractivity contribution in [2.45, 2.75) is 43.9 Å². The smallest absolute Gasteiger partial charge is 0.243 e. The number of benzene rings is 1. The highest BCUT2D eigenvalue weighted by atomic mass is 35.5. The Balaban J connectivity index is 1.94. The van der Waals surface area contributed by atoms with Crippen molar-refractivity contribution in [2.24, 2.45) is 5.92 Å². The van der Waals surface area contributed by atoms with Crippen LogP contribution in [0, 0.1) is 5.92 Å². The highest BCUT2D eigenvalue weighted by Gasteiger charge is 2.32. The first-order valence-electron chi connectivity index (χ1n) is 9.01. The van der Waals surface area contributed by atoms with Gasteiger partial charge in [-0.05, 0) is 37.5 Å². The SMILES string of the molecule is CCCCCNC(=O)C1CCN(S(=O)(=O)c2ccc(OC)c(Cl)c2)CC1. The fourth-order valence-electron chi connectivity index (χ4n) is 3.05. The quantitative estimate of drug-likeness (QED) is 0.678. The highest BCUT2D eigenvalue weighted by molar-refractivity contribution is 7.89. The summed E-state index contributed by atoms with van der Waals surface area (Å²) in [6.45, 7) is 3.47. The second-order valence-corrected chi connectivity index (χ2v) is 8.82. The van der Waals surface area contributed by atoms with E-state index in [9.17, 15) is 13.2 Å². The summed E-state index contributed by atoms with van der Waals surface area (Å²) in [5.74, 6) is 0.345. The monoisotopic (exact) mass is 402 g/mol. The van der Waals surface area contributed by atoms with Crippen LogP contribution in [-0.2, 0) is 14.8 Å². The van der Waals surface area contributed by atoms with Crippen molar-refractivity contribution in [3.8, 4) is 5.75 Å². The second kappa shape index (κ2) is 9.58. The van der Waals surface area contributed by atoms with Crippen LogP contribution in [0.25, 0.3) is 0 Å². The van der Waals surface area contributed by atoms with Gasteiger partial charge in [0.25, 0.3) is 0 Å². The minimum Gasteiger partial charge on any atom is -0.495 e. The summed E-state index contributed by atoms with van der Waals surface area (Å²) in [5.41, 5.74) is 0. The standard InChI is InChI=1S/C18H27ClN2O4S/c1-3-4-5-10-20-18(22)14-8-11-21(12-9-14)26(23,24)15-6-7-17(25-2)16(19)13-15/h6-7,13-14H,3-5,8-12H2,1-2H3,(H,20,22). The first kappa shape index (κ1) is 21.0. The predicted molar refractivity (Wildman–Crippen MR) is 102 cm³/mol. The first-order valence-corrected chi connectivity index (χ1v) is 10.8. The maximum absolute atomic E-state index is 12.8. The van der Waals surface area contributed by atoms with Crippen molar-refractivity contribution in [2.75, 3.05) is 26.7 Å². The number of rotatable bonds is 8. The molecule has 1 aliphatic rings. The van der Waals surface area contributed by atoms with Gasteiger partial charge in [0.15, 0.2) is 0 Å².